The zero-order valence-electron chi connectivity index (χ0n) is 10.8. The van der Waals surface area contributed by atoms with Crippen molar-refractivity contribution in [1.82, 2.24) is 14.8 Å². The maximum Gasteiger partial charge on any atom is 0.308 e. The van der Waals surface area contributed by atoms with E-state index in [0.717, 1.165) is 31.5 Å². The standard InChI is InChI=1S/C12H19N3O3/c1-15-8-13-14-11(15)7-18-10-5-3-9(4-6-10)12(16)17-2/h8-10H,3-7H2,1-2H3. The molecule has 0 radical (unpaired) electrons. The molecule has 2 rings (SSSR count). The lowest BCUT2D eigenvalue weighted by molar-refractivity contribution is -0.147. The van der Waals surface area contributed by atoms with Gasteiger partial charge in [0.25, 0.3) is 0 Å². The largest absolute Gasteiger partial charge is 0.469 e. The maximum absolute atomic E-state index is 11.4. The summed E-state index contributed by atoms with van der Waals surface area (Å²) in [6, 6.07) is 0. The first-order valence-electron chi connectivity index (χ1n) is 6.23. The summed E-state index contributed by atoms with van der Waals surface area (Å²) in [6.45, 7) is 0.476. The van der Waals surface area contributed by atoms with Crippen LogP contribution in [0.2, 0.25) is 0 Å². The van der Waals surface area contributed by atoms with Crippen molar-refractivity contribution in [3.8, 4) is 0 Å². The topological polar surface area (TPSA) is 66.2 Å². The van der Waals surface area contributed by atoms with Gasteiger partial charge in [0.05, 0.1) is 19.1 Å². The summed E-state index contributed by atoms with van der Waals surface area (Å²) in [6.07, 6.45) is 5.36. The Balaban J connectivity index is 1.74. The van der Waals surface area contributed by atoms with Crippen molar-refractivity contribution < 1.29 is 14.3 Å². The molecule has 1 aromatic heterocycles. The number of hydrogen-bond acceptors (Lipinski definition) is 5. The van der Waals surface area contributed by atoms with Crippen molar-refractivity contribution in [2.24, 2.45) is 13.0 Å². The lowest BCUT2D eigenvalue weighted by Crippen LogP contribution is -2.27. The van der Waals surface area contributed by atoms with Crippen LogP contribution in [-0.2, 0) is 27.9 Å². The molecule has 0 N–H and O–H groups in total. The first kappa shape index (κ1) is 13.0. The molecule has 0 aromatic carbocycles. The van der Waals surface area contributed by atoms with Crippen molar-refractivity contribution in [3.05, 3.63) is 12.2 Å². The van der Waals surface area contributed by atoms with E-state index >= 15 is 0 Å². The van der Waals surface area contributed by atoms with Crippen LogP contribution in [0.4, 0.5) is 0 Å². The number of rotatable bonds is 4. The summed E-state index contributed by atoms with van der Waals surface area (Å²) in [7, 11) is 3.34. The molecular formula is C12H19N3O3. The average Bonchev–Trinajstić information content (AvgIpc) is 2.81. The highest BCUT2D eigenvalue weighted by molar-refractivity contribution is 5.72. The van der Waals surface area contributed by atoms with Gasteiger partial charge in [0.15, 0.2) is 5.82 Å². The van der Waals surface area contributed by atoms with Gasteiger partial charge in [0, 0.05) is 7.05 Å². The number of methoxy groups -OCH3 is 1. The number of carbonyl (C=O) groups is 1. The molecule has 1 aromatic rings. The zero-order valence-corrected chi connectivity index (χ0v) is 10.8. The minimum atomic E-state index is -0.0956. The van der Waals surface area contributed by atoms with Crippen molar-refractivity contribution in [2.75, 3.05) is 7.11 Å². The van der Waals surface area contributed by atoms with Crippen molar-refractivity contribution in [2.45, 2.75) is 38.4 Å². The van der Waals surface area contributed by atoms with Crippen molar-refractivity contribution in [1.29, 1.82) is 0 Å². The van der Waals surface area contributed by atoms with Gasteiger partial charge in [-0.25, -0.2) is 0 Å². The molecule has 0 spiro atoms. The molecular weight excluding hydrogens is 234 g/mol. The summed E-state index contributed by atoms with van der Waals surface area (Å²) in [5.74, 6) is 0.775. The van der Waals surface area contributed by atoms with Gasteiger partial charge in [0.2, 0.25) is 0 Å². The Bertz CT molecular complexity index is 397. The van der Waals surface area contributed by atoms with Crippen LogP contribution in [-0.4, -0.2) is 33.9 Å². The molecule has 1 aliphatic carbocycles. The van der Waals surface area contributed by atoms with E-state index in [9.17, 15) is 4.79 Å². The lowest BCUT2D eigenvalue weighted by Gasteiger charge is -2.26. The second-order valence-electron chi connectivity index (χ2n) is 4.67. The highest BCUT2D eigenvalue weighted by atomic mass is 16.5. The van der Waals surface area contributed by atoms with Crippen molar-refractivity contribution >= 4 is 5.97 Å². The number of aromatic nitrogens is 3. The highest BCUT2D eigenvalue weighted by Crippen LogP contribution is 2.27. The van der Waals surface area contributed by atoms with Crippen molar-refractivity contribution in [3.63, 3.8) is 0 Å². The third-order valence-electron chi connectivity index (χ3n) is 3.46. The van der Waals surface area contributed by atoms with Crippen LogP contribution in [0.15, 0.2) is 6.33 Å². The van der Waals surface area contributed by atoms with E-state index in [0.29, 0.717) is 6.61 Å². The fraction of sp³-hybridized carbons (Fsp3) is 0.750. The Hall–Kier alpha value is -1.43. The van der Waals surface area contributed by atoms with Gasteiger partial charge >= 0.3 is 5.97 Å². The summed E-state index contributed by atoms with van der Waals surface area (Å²) in [4.78, 5) is 11.4. The fourth-order valence-corrected chi connectivity index (χ4v) is 2.26. The van der Waals surface area contributed by atoms with Gasteiger partial charge in [-0.2, -0.15) is 0 Å². The summed E-state index contributed by atoms with van der Waals surface area (Å²) >= 11 is 0. The molecule has 0 saturated heterocycles. The Morgan fingerprint density at radius 3 is 2.72 bits per heavy atom. The fourth-order valence-electron chi connectivity index (χ4n) is 2.26. The van der Waals surface area contributed by atoms with Gasteiger partial charge in [-0.3, -0.25) is 4.79 Å². The van der Waals surface area contributed by atoms with Crippen LogP contribution < -0.4 is 0 Å². The first-order chi connectivity index (χ1) is 8.70. The van der Waals surface area contributed by atoms with Gasteiger partial charge in [-0.1, -0.05) is 0 Å². The minimum absolute atomic E-state index is 0.0460. The van der Waals surface area contributed by atoms with Crippen LogP contribution in [0.1, 0.15) is 31.5 Å². The van der Waals surface area contributed by atoms with E-state index in [1.54, 1.807) is 6.33 Å². The monoisotopic (exact) mass is 253 g/mol. The predicted molar refractivity (Wildman–Crippen MR) is 63.6 cm³/mol. The number of aryl methyl sites for hydroxylation is 1. The van der Waals surface area contributed by atoms with E-state index in [-0.39, 0.29) is 18.0 Å². The van der Waals surface area contributed by atoms with Crippen LogP contribution in [0.5, 0.6) is 0 Å². The number of hydrogen-bond donors (Lipinski definition) is 0. The van der Waals surface area contributed by atoms with Gasteiger partial charge in [-0.15, -0.1) is 10.2 Å². The quantitative estimate of drug-likeness (QED) is 0.751. The predicted octanol–water partition coefficient (Wildman–Crippen LogP) is 1.06. The van der Waals surface area contributed by atoms with Crippen LogP contribution in [0.25, 0.3) is 0 Å². The molecule has 0 bridgehead atoms. The molecule has 1 saturated carbocycles. The third-order valence-corrected chi connectivity index (χ3v) is 3.46. The Morgan fingerprint density at radius 1 is 1.44 bits per heavy atom. The summed E-state index contributed by atoms with van der Waals surface area (Å²) in [5.41, 5.74) is 0. The van der Waals surface area contributed by atoms with Gasteiger partial charge in [-0.05, 0) is 25.7 Å². The van der Waals surface area contributed by atoms with Gasteiger partial charge in [0.1, 0.15) is 12.9 Å². The van der Waals surface area contributed by atoms with Crippen LogP contribution in [0, 0.1) is 5.92 Å². The van der Waals surface area contributed by atoms with E-state index < -0.39 is 0 Å². The molecule has 6 nitrogen and oxygen atoms in total. The van der Waals surface area contributed by atoms with Gasteiger partial charge < -0.3 is 14.0 Å². The molecule has 1 fully saturated rings. The SMILES string of the molecule is COC(=O)C1CCC(OCc2nncn2C)CC1. The van der Waals surface area contributed by atoms with E-state index in [1.165, 1.54) is 7.11 Å². The molecule has 6 heteroatoms. The number of esters is 1. The lowest BCUT2D eigenvalue weighted by atomic mass is 9.87. The second kappa shape index (κ2) is 5.95. The minimum Gasteiger partial charge on any atom is -0.469 e. The molecule has 0 atom stereocenters. The molecule has 1 heterocycles. The van der Waals surface area contributed by atoms with E-state index in [1.807, 2.05) is 11.6 Å². The molecule has 18 heavy (non-hydrogen) atoms. The third kappa shape index (κ3) is 3.07. The summed E-state index contributed by atoms with van der Waals surface area (Å²) < 4.78 is 12.4. The highest BCUT2D eigenvalue weighted by Gasteiger charge is 2.27. The molecule has 0 amide bonds. The maximum atomic E-state index is 11.4. The molecule has 0 aliphatic heterocycles. The van der Waals surface area contributed by atoms with Crippen LogP contribution in [0.3, 0.4) is 0 Å². The average molecular weight is 253 g/mol. The van der Waals surface area contributed by atoms with E-state index in [2.05, 4.69) is 10.2 Å². The second-order valence-corrected chi connectivity index (χ2v) is 4.67. The van der Waals surface area contributed by atoms with Crippen LogP contribution >= 0.6 is 0 Å². The first-order valence-corrected chi connectivity index (χ1v) is 6.23. The number of nitrogens with zero attached hydrogens (tertiary/aromatic N) is 3. The smallest absolute Gasteiger partial charge is 0.308 e. The Kier molecular flexibility index (Phi) is 4.30. The van der Waals surface area contributed by atoms with E-state index in [4.69, 9.17) is 9.47 Å². The Labute approximate surface area is 106 Å². The number of ether oxygens (including phenoxy) is 2. The Morgan fingerprint density at radius 2 is 2.17 bits per heavy atom. The molecule has 1 aliphatic rings. The molecule has 100 valence electrons. The summed E-state index contributed by atoms with van der Waals surface area (Å²) in [5, 5.41) is 7.77. The normalized spacial score (nSPS) is 23.9. The number of carbonyl (C=O) groups excluding carboxylic acids is 1. The zero-order chi connectivity index (χ0) is 13.0. The molecule has 0 unspecified atom stereocenters.